The lowest BCUT2D eigenvalue weighted by atomic mass is 10.1. The molecule has 0 spiro atoms. The summed E-state index contributed by atoms with van der Waals surface area (Å²) in [6.07, 6.45) is -1.15. The van der Waals surface area contributed by atoms with E-state index >= 15 is 0 Å². The van der Waals surface area contributed by atoms with Gasteiger partial charge in [-0.15, -0.1) is 0 Å². The molecule has 0 aliphatic rings. The molecule has 9 heteroatoms. The van der Waals surface area contributed by atoms with E-state index < -0.39 is 21.7 Å². The third kappa shape index (κ3) is 4.91. The van der Waals surface area contributed by atoms with Gasteiger partial charge in [0.15, 0.2) is 9.84 Å². The van der Waals surface area contributed by atoms with Crippen molar-refractivity contribution < 1.29 is 26.3 Å². The van der Waals surface area contributed by atoms with Crippen LogP contribution in [0.1, 0.15) is 25.5 Å². The van der Waals surface area contributed by atoms with Gasteiger partial charge in [-0.3, -0.25) is 0 Å². The molecule has 25 heavy (non-hydrogen) atoms. The van der Waals surface area contributed by atoms with Crippen molar-refractivity contribution in [2.75, 3.05) is 12.9 Å². The number of benzene rings is 1. The molecule has 0 radical (unpaired) electrons. The van der Waals surface area contributed by atoms with E-state index in [-0.39, 0.29) is 16.3 Å². The molecular weight excluding hydrogens is 357 g/mol. The molecule has 0 saturated carbocycles. The molecule has 1 aromatic heterocycles. The summed E-state index contributed by atoms with van der Waals surface area (Å²) >= 11 is 0. The van der Waals surface area contributed by atoms with Crippen molar-refractivity contribution >= 4 is 9.84 Å². The number of sulfone groups is 1. The van der Waals surface area contributed by atoms with E-state index in [1.807, 2.05) is 6.92 Å². The van der Waals surface area contributed by atoms with E-state index in [9.17, 15) is 21.6 Å². The third-order valence-corrected chi connectivity index (χ3v) is 4.49. The van der Waals surface area contributed by atoms with Gasteiger partial charge < -0.3 is 4.74 Å². The Morgan fingerprint density at radius 1 is 1.16 bits per heavy atom. The van der Waals surface area contributed by atoms with Gasteiger partial charge in [0.05, 0.1) is 12.3 Å². The molecule has 2 rings (SSSR count). The number of nitrogens with zero attached hydrogens (tertiary/aromatic N) is 2. The van der Waals surface area contributed by atoms with Crippen molar-refractivity contribution in [3.63, 3.8) is 0 Å². The van der Waals surface area contributed by atoms with Crippen LogP contribution in [0.4, 0.5) is 13.2 Å². The molecule has 0 bridgehead atoms. The number of halogens is 3. The molecule has 1 heterocycles. The maximum Gasteiger partial charge on any atom is 0.433 e. The van der Waals surface area contributed by atoms with Crippen LogP contribution in [0.3, 0.4) is 0 Å². The Kier molecular flexibility index (Phi) is 5.66. The maximum atomic E-state index is 12.8. The largest absolute Gasteiger partial charge is 0.492 e. The van der Waals surface area contributed by atoms with Gasteiger partial charge in [0, 0.05) is 11.8 Å². The van der Waals surface area contributed by atoms with Crippen molar-refractivity contribution in [3.05, 3.63) is 36.3 Å². The smallest absolute Gasteiger partial charge is 0.433 e. The van der Waals surface area contributed by atoms with Gasteiger partial charge in [0.2, 0.25) is 0 Å². The first-order valence-electron chi connectivity index (χ1n) is 7.49. The zero-order valence-corrected chi connectivity index (χ0v) is 14.5. The number of aromatic nitrogens is 2. The van der Waals surface area contributed by atoms with Crippen LogP contribution in [-0.4, -0.2) is 31.2 Å². The van der Waals surface area contributed by atoms with Gasteiger partial charge in [0.1, 0.15) is 22.7 Å². The fourth-order valence-electron chi connectivity index (χ4n) is 2.08. The summed E-state index contributed by atoms with van der Waals surface area (Å²) in [7, 11) is -3.54. The molecule has 2 aromatic rings. The number of hydrogen-bond acceptors (Lipinski definition) is 5. The number of rotatable bonds is 6. The maximum absolute atomic E-state index is 12.8. The monoisotopic (exact) mass is 374 g/mol. The fourth-order valence-corrected chi connectivity index (χ4v) is 2.88. The molecule has 0 fully saturated rings. The Hall–Kier alpha value is -2.16. The first-order chi connectivity index (χ1) is 11.6. The highest BCUT2D eigenvalue weighted by Gasteiger charge is 2.33. The van der Waals surface area contributed by atoms with Gasteiger partial charge in [-0.25, -0.2) is 18.4 Å². The number of hydrogen-bond donors (Lipinski definition) is 0. The normalized spacial score (nSPS) is 12.2. The Labute approximate surface area is 143 Å². The Morgan fingerprint density at radius 2 is 1.88 bits per heavy atom. The fraction of sp³-hybridized carbons (Fsp3) is 0.375. The minimum absolute atomic E-state index is 0.0162. The van der Waals surface area contributed by atoms with Crippen LogP contribution in [-0.2, 0) is 16.0 Å². The first-order valence-corrected chi connectivity index (χ1v) is 9.38. The summed E-state index contributed by atoms with van der Waals surface area (Å²) in [5.74, 6) is 0.0978. The van der Waals surface area contributed by atoms with E-state index in [1.54, 1.807) is 0 Å². The number of ether oxygens (including phenoxy) is 1. The van der Waals surface area contributed by atoms with Gasteiger partial charge >= 0.3 is 6.18 Å². The van der Waals surface area contributed by atoms with E-state index in [0.717, 1.165) is 31.5 Å². The topological polar surface area (TPSA) is 69.2 Å². The van der Waals surface area contributed by atoms with E-state index in [1.165, 1.54) is 18.2 Å². The molecular formula is C16H17F3N2O3S. The second kappa shape index (κ2) is 7.38. The van der Waals surface area contributed by atoms with Crippen molar-refractivity contribution in [1.29, 1.82) is 0 Å². The lowest BCUT2D eigenvalue weighted by Crippen LogP contribution is -2.08. The average molecular weight is 374 g/mol. The number of alkyl halides is 3. The molecule has 0 atom stereocenters. The molecule has 1 aromatic carbocycles. The molecule has 0 saturated heterocycles. The predicted octanol–water partition coefficient (Wildman–Crippen LogP) is 3.74. The van der Waals surface area contributed by atoms with Gasteiger partial charge in [-0.1, -0.05) is 19.4 Å². The van der Waals surface area contributed by atoms with Crippen LogP contribution in [0.15, 0.2) is 35.5 Å². The summed E-state index contributed by atoms with van der Waals surface area (Å²) < 4.78 is 67.6. The summed E-state index contributed by atoms with van der Waals surface area (Å²) in [6.45, 7) is 2.26. The van der Waals surface area contributed by atoms with Crippen LogP contribution < -0.4 is 4.74 Å². The zero-order valence-electron chi connectivity index (χ0n) is 13.7. The molecule has 0 aliphatic heterocycles. The molecule has 0 N–H and O–H groups in total. The van der Waals surface area contributed by atoms with E-state index in [0.29, 0.717) is 12.2 Å². The lowest BCUT2D eigenvalue weighted by Gasteiger charge is -2.12. The lowest BCUT2D eigenvalue weighted by molar-refractivity contribution is -0.141. The second-order valence-electron chi connectivity index (χ2n) is 5.42. The highest BCUT2D eigenvalue weighted by atomic mass is 32.2. The quantitative estimate of drug-likeness (QED) is 0.721. The van der Waals surface area contributed by atoms with Crippen molar-refractivity contribution in [1.82, 2.24) is 9.97 Å². The predicted molar refractivity (Wildman–Crippen MR) is 86.0 cm³/mol. The number of unbranched alkanes of at least 4 members (excludes halogenated alkanes) is 1. The summed E-state index contributed by atoms with van der Waals surface area (Å²) in [5, 5.41) is 0. The molecule has 0 unspecified atom stereocenters. The van der Waals surface area contributed by atoms with Crippen molar-refractivity contribution in [2.45, 2.75) is 30.8 Å². The minimum atomic E-state index is -4.59. The van der Waals surface area contributed by atoms with E-state index in [2.05, 4.69) is 9.97 Å². The van der Waals surface area contributed by atoms with Crippen LogP contribution in [0.5, 0.6) is 5.75 Å². The minimum Gasteiger partial charge on any atom is -0.492 e. The van der Waals surface area contributed by atoms with Crippen LogP contribution >= 0.6 is 0 Å². The highest BCUT2D eigenvalue weighted by Crippen LogP contribution is 2.32. The summed E-state index contributed by atoms with van der Waals surface area (Å²) in [4.78, 5) is 7.03. The van der Waals surface area contributed by atoms with Gasteiger partial charge in [0.25, 0.3) is 0 Å². The van der Waals surface area contributed by atoms with Gasteiger partial charge in [-0.05, 0) is 24.6 Å². The van der Waals surface area contributed by atoms with Crippen LogP contribution in [0.25, 0.3) is 11.3 Å². The highest BCUT2D eigenvalue weighted by molar-refractivity contribution is 7.90. The SMILES string of the molecule is CCCCOc1cc(-c2cc(C(F)(F)F)ncn2)ccc1S(C)(=O)=O. The van der Waals surface area contributed by atoms with Crippen molar-refractivity contribution in [2.24, 2.45) is 0 Å². The van der Waals surface area contributed by atoms with Gasteiger partial charge in [-0.2, -0.15) is 13.2 Å². The standard InChI is InChI=1S/C16H17F3N2O3S/c1-3-4-7-24-13-8-11(5-6-14(13)25(2,22)23)12-9-15(16(17,18)19)21-10-20-12/h5-6,8-10H,3-4,7H2,1-2H3. The molecule has 5 nitrogen and oxygen atoms in total. The first kappa shape index (κ1) is 19.2. The average Bonchev–Trinajstić information content (AvgIpc) is 2.53. The molecule has 0 aliphatic carbocycles. The van der Waals surface area contributed by atoms with Crippen molar-refractivity contribution in [3.8, 4) is 17.0 Å². The summed E-state index contributed by atoms with van der Waals surface area (Å²) in [5.41, 5.74) is -0.729. The second-order valence-corrected chi connectivity index (χ2v) is 7.41. The van der Waals surface area contributed by atoms with Crippen LogP contribution in [0, 0.1) is 0 Å². The van der Waals surface area contributed by atoms with Crippen LogP contribution in [0.2, 0.25) is 0 Å². The molecule has 0 amide bonds. The zero-order chi connectivity index (χ0) is 18.7. The van der Waals surface area contributed by atoms with E-state index in [4.69, 9.17) is 4.74 Å². The Morgan fingerprint density at radius 3 is 2.48 bits per heavy atom. The Bertz CT molecular complexity index is 852. The Balaban J connectivity index is 2.47. The third-order valence-electron chi connectivity index (χ3n) is 3.35. The summed E-state index contributed by atoms with van der Waals surface area (Å²) in [6, 6.07) is 4.90. The molecule has 136 valence electrons.